The van der Waals surface area contributed by atoms with Crippen LogP contribution in [-0.4, -0.2) is 34.4 Å². The van der Waals surface area contributed by atoms with Gasteiger partial charge in [-0.3, -0.25) is 9.59 Å². The van der Waals surface area contributed by atoms with E-state index in [0.29, 0.717) is 22.9 Å². The molecule has 0 aliphatic carbocycles. The van der Waals surface area contributed by atoms with E-state index in [9.17, 15) is 14.0 Å². The van der Waals surface area contributed by atoms with Crippen LogP contribution in [0, 0.1) is 5.82 Å². The number of aromatic nitrogens is 2. The third-order valence-corrected chi connectivity index (χ3v) is 4.98. The van der Waals surface area contributed by atoms with E-state index < -0.39 is 11.9 Å². The molecule has 1 atom stereocenters. The van der Waals surface area contributed by atoms with Crippen molar-refractivity contribution in [2.45, 2.75) is 38.6 Å². The van der Waals surface area contributed by atoms with Crippen molar-refractivity contribution in [3.8, 4) is 0 Å². The van der Waals surface area contributed by atoms with Crippen molar-refractivity contribution in [1.29, 1.82) is 0 Å². The molecule has 0 aliphatic heterocycles. The lowest BCUT2D eigenvalue weighted by molar-refractivity contribution is -0.122. The molecule has 3 rings (SSSR count). The number of nitrogens with zero attached hydrogens (tertiary/aromatic N) is 1. The van der Waals surface area contributed by atoms with Crippen LogP contribution in [0.5, 0.6) is 0 Å². The fraction of sp³-hybridized carbons (Fsp3) is 0.318. The Balaban J connectivity index is 1.74. The van der Waals surface area contributed by atoms with Crippen molar-refractivity contribution in [2.24, 2.45) is 0 Å². The predicted octanol–water partition coefficient (Wildman–Crippen LogP) is 4.00. The number of nitrogens with one attached hydrogen (secondary N) is 3. The van der Waals surface area contributed by atoms with Crippen molar-refractivity contribution in [1.82, 2.24) is 20.6 Å². The summed E-state index contributed by atoms with van der Waals surface area (Å²) < 4.78 is 13.2. The van der Waals surface area contributed by atoms with Gasteiger partial charge in [-0.1, -0.05) is 43.5 Å². The maximum absolute atomic E-state index is 13.2. The summed E-state index contributed by atoms with van der Waals surface area (Å²) in [4.78, 5) is 32.5. The first-order valence-electron chi connectivity index (χ1n) is 9.93. The molecule has 0 spiro atoms. The first-order valence-corrected chi connectivity index (χ1v) is 10.3. The molecule has 2 aromatic heterocycles. The molecule has 0 aliphatic rings. The van der Waals surface area contributed by atoms with Gasteiger partial charge in [0.25, 0.3) is 5.91 Å². The van der Waals surface area contributed by atoms with Gasteiger partial charge in [0.1, 0.15) is 22.7 Å². The molecular weight excluding hydrogens is 407 g/mol. The Morgan fingerprint density at radius 2 is 1.97 bits per heavy atom. The lowest BCUT2D eigenvalue weighted by Crippen LogP contribution is -2.48. The van der Waals surface area contributed by atoms with Gasteiger partial charge in [-0.2, -0.15) is 0 Å². The van der Waals surface area contributed by atoms with Crippen LogP contribution in [0.1, 0.15) is 42.2 Å². The molecule has 6 nitrogen and oxygen atoms in total. The van der Waals surface area contributed by atoms with Gasteiger partial charge in [-0.05, 0) is 36.2 Å². The first-order chi connectivity index (χ1) is 14.5. The number of hydrogen-bond acceptors (Lipinski definition) is 3. The molecule has 3 N–H and O–H groups in total. The normalized spacial score (nSPS) is 12.0. The number of amides is 2. The Bertz CT molecular complexity index is 1020. The van der Waals surface area contributed by atoms with Gasteiger partial charge in [0.2, 0.25) is 5.91 Å². The van der Waals surface area contributed by atoms with Crippen LogP contribution in [0.4, 0.5) is 4.39 Å². The number of pyridine rings is 1. The molecular formula is C22H24ClFN4O2. The molecule has 0 saturated carbocycles. The minimum Gasteiger partial charge on any atom is -0.354 e. The fourth-order valence-electron chi connectivity index (χ4n) is 3.14. The molecule has 30 heavy (non-hydrogen) atoms. The summed E-state index contributed by atoms with van der Waals surface area (Å²) in [7, 11) is 0. The highest BCUT2D eigenvalue weighted by Gasteiger charge is 2.22. The minimum atomic E-state index is -0.794. The Labute approximate surface area is 179 Å². The number of benzene rings is 1. The summed E-state index contributed by atoms with van der Waals surface area (Å²) in [6.07, 6.45) is 4.73. The standard InChI is InChI=1S/C22H24ClFN4O2/c1-2-3-4-9-25-21(29)17(10-14-5-7-16(24)8-6-14)28-22(30)18-11-15-12-20(23)26-13-19(15)27-18/h5-8,11-13,17,27H,2-4,9-10H2,1H3,(H,25,29)(H,28,30)/t17-/m0/s1. The van der Waals surface area contributed by atoms with Gasteiger partial charge in [-0.25, -0.2) is 9.37 Å². The molecule has 158 valence electrons. The molecule has 2 amide bonds. The number of fused-ring (bicyclic) bond motifs is 1. The van der Waals surface area contributed by atoms with Gasteiger partial charge in [-0.15, -0.1) is 0 Å². The number of unbranched alkanes of at least 4 members (excludes halogenated alkanes) is 2. The maximum Gasteiger partial charge on any atom is 0.268 e. The van der Waals surface area contributed by atoms with Crippen molar-refractivity contribution < 1.29 is 14.0 Å². The highest BCUT2D eigenvalue weighted by molar-refractivity contribution is 6.30. The largest absolute Gasteiger partial charge is 0.354 e. The van der Waals surface area contributed by atoms with E-state index in [1.807, 2.05) is 0 Å². The maximum atomic E-state index is 13.2. The second-order valence-electron chi connectivity index (χ2n) is 7.13. The average molecular weight is 431 g/mol. The lowest BCUT2D eigenvalue weighted by atomic mass is 10.0. The number of halogens is 2. The molecule has 0 bridgehead atoms. The molecule has 1 aromatic carbocycles. The number of aromatic amines is 1. The highest BCUT2D eigenvalue weighted by Crippen LogP contribution is 2.18. The zero-order chi connectivity index (χ0) is 21.5. The molecule has 0 fully saturated rings. The summed E-state index contributed by atoms with van der Waals surface area (Å²) in [6.45, 7) is 2.63. The Kier molecular flexibility index (Phi) is 7.41. The third-order valence-electron chi connectivity index (χ3n) is 4.77. The lowest BCUT2D eigenvalue weighted by Gasteiger charge is -2.18. The van der Waals surface area contributed by atoms with E-state index in [4.69, 9.17) is 11.6 Å². The topological polar surface area (TPSA) is 86.9 Å². The SMILES string of the molecule is CCCCCNC(=O)[C@H](Cc1ccc(F)cc1)NC(=O)c1cc2cc(Cl)ncc2[nH]1. The second kappa shape index (κ2) is 10.2. The summed E-state index contributed by atoms with van der Waals surface area (Å²) in [5, 5.41) is 6.74. The van der Waals surface area contributed by atoms with Gasteiger partial charge < -0.3 is 15.6 Å². The Morgan fingerprint density at radius 3 is 2.70 bits per heavy atom. The minimum absolute atomic E-state index is 0.249. The zero-order valence-electron chi connectivity index (χ0n) is 16.7. The molecule has 8 heteroatoms. The van der Waals surface area contributed by atoms with E-state index in [2.05, 4.69) is 27.5 Å². The summed E-state index contributed by atoms with van der Waals surface area (Å²) >= 11 is 5.90. The van der Waals surface area contributed by atoms with Gasteiger partial charge in [0.15, 0.2) is 0 Å². The van der Waals surface area contributed by atoms with Crippen molar-refractivity contribution in [3.05, 3.63) is 64.8 Å². The number of carbonyl (C=O) groups is 2. The van der Waals surface area contributed by atoms with Crippen LogP contribution in [0.3, 0.4) is 0 Å². The third kappa shape index (κ3) is 5.79. The van der Waals surface area contributed by atoms with Crippen LogP contribution in [0.2, 0.25) is 5.15 Å². The first kappa shape index (κ1) is 21.8. The van der Waals surface area contributed by atoms with Crippen molar-refractivity contribution in [3.63, 3.8) is 0 Å². The zero-order valence-corrected chi connectivity index (χ0v) is 17.4. The number of hydrogen-bond donors (Lipinski definition) is 3. The fourth-order valence-corrected chi connectivity index (χ4v) is 3.30. The molecule has 0 radical (unpaired) electrons. The quantitative estimate of drug-likeness (QED) is 0.354. The van der Waals surface area contributed by atoms with Crippen molar-refractivity contribution >= 4 is 34.3 Å². The molecule has 0 unspecified atom stereocenters. The monoisotopic (exact) mass is 430 g/mol. The second-order valence-corrected chi connectivity index (χ2v) is 7.52. The van der Waals surface area contributed by atoms with Crippen LogP contribution in [0.15, 0.2) is 42.6 Å². The molecule has 0 saturated heterocycles. The van der Waals surface area contributed by atoms with Gasteiger partial charge in [0.05, 0.1) is 11.7 Å². The van der Waals surface area contributed by atoms with E-state index in [1.165, 1.54) is 12.1 Å². The van der Waals surface area contributed by atoms with Crippen LogP contribution >= 0.6 is 11.6 Å². The summed E-state index contributed by atoms with van der Waals surface area (Å²) in [6, 6.07) is 8.40. The summed E-state index contributed by atoms with van der Waals surface area (Å²) in [5.74, 6) is -1.04. The highest BCUT2D eigenvalue weighted by atomic mass is 35.5. The number of carbonyl (C=O) groups excluding carboxylic acids is 2. The smallest absolute Gasteiger partial charge is 0.268 e. The Hall–Kier alpha value is -2.93. The van der Waals surface area contributed by atoms with Crippen molar-refractivity contribution in [2.75, 3.05) is 6.54 Å². The number of rotatable bonds is 9. The van der Waals surface area contributed by atoms with Gasteiger partial charge in [0, 0.05) is 18.4 Å². The van der Waals surface area contributed by atoms with Crippen LogP contribution in [0.25, 0.3) is 10.9 Å². The van der Waals surface area contributed by atoms with E-state index in [0.717, 1.165) is 30.2 Å². The predicted molar refractivity (Wildman–Crippen MR) is 115 cm³/mol. The van der Waals surface area contributed by atoms with E-state index >= 15 is 0 Å². The van der Waals surface area contributed by atoms with Crippen LogP contribution < -0.4 is 10.6 Å². The van der Waals surface area contributed by atoms with Crippen LogP contribution in [-0.2, 0) is 11.2 Å². The van der Waals surface area contributed by atoms with E-state index in [1.54, 1.807) is 30.5 Å². The number of H-pyrrole nitrogens is 1. The van der Waals surface area contributed by atoms with Gasteiger partial charge >= 0.3 is 0 Å². The Morgan fingerprint density at radius 1 is 1.20 bits per heavy atom. The molecule has 2 heterocycles. The molecule has 3 aromatic rings. The average Bonchev–Trinajstić information content (AvgIpc) is 3.15. The summed E-state index contributed by atoms with van der Waals surface area (Å²) in [5.41, 5.74) is 1.72. The van der Waals surface area contributed by atoms with E-state index in [-0.39, 0.29) is 18.1 Å².